The molecule has 0 aromatic heterocycles. The number of rotatable bonds is 5. The minimum absolute atomic E-state index is 0.00182. The van der Waals surface area contributed by atoms with Gasteiger partial charge in [0.05, 0.1) is 0 Å². The summed E-state index contributed by atoms with van der Waals surface area (Å²) in [5.74, 6) is 1.42. The first-order chi connectivity index (χ1) is 23.8. The van der Waals surface area contributed by atoms with E-state index in [1.54, 1.807) is 0 Å². The summed E-state index contributed by atoms with van der Waals surface area (Å²) >= 11 is 0. The molecule has 4 aliphatic carbocycles. The van der Waals surface area contributed by atoms with Gasteiger partial charge in [-0.15, -0.1) is 0 Å². The van der Waals surface area contributed by atoms with Crippen molar-refractivity contribution < 1.29 is 0 Å². The van der Waals surface area contributed by atoms with Gasteiger partial charge in [0.2, 0.25) is 0 Å². The summed E-state index contributed by atoms with van der Waals surface area (Å²) < 4.78 is 0. The Balaban J connectivity index is 1.13. The molecule has 0 unspecified atom stereocenters. The highest BCUT2D eigenvalue weighted by atomic mass is 15.1. The number of benzene rings is 5. The first kappa shape index (κ1) is 30.9. The Labute approximate surface area is 294 Å². The van der Waals surface area contributed by atoms with Gasteiger partial charge in [0, 0.05) is 27.9 Å². The van der Waals surface area contributed by atoms with Crippen LogP contribution in [0.3, 0.4) is 0 Å². The molecule has 2 saturated carbocycles. The molecule has 0 spiro atoms. The zero-order chi connectivity index (χ0) is 33.3. The Morgan fingerprint density at radius 3 is 1.37 bits per heavy atom. The molecule has 5 aromatic rings. The van der Waals surface area contributed by atoms with E-state index in [1.165, 1.54) is 137 Å². The van der Waals surface area contributed by atoms with Crippen LogP contribution in [-0.2, 0) is 10.8 Å². The van der Waals surface area contributed by atoms with Gasteiger partial charge in [-0.1, -0.05) is 121 Å². The highest BCUT2D eigenvalue weighted by molar-refractivity contribution is 5.91. The van der Waals surface area contributed by atoms with Gasteiger partial charge in [-0.25, -0.2) is 0 Å². The van der Waals surface area contributed by atoms with Crippen LogP contribution in [0.4, 0.5) is 17.1 Å². The van der Waals surface area contributed by atoms with Crippen LogP contribution in [0, 0.1) is 0 Å². The molecule has 0 amide bonds. The second-order valence-corrected chi connectivity index (χ2v) is 16.7. The quantitative estimate of drug-likeness (QED) is 0.185. The maximum Gasteiger partial charge on any atom is 0.0465 e. The zero-order valence-corrected chi connectivity index (χ0v) is 30.0. The van der Waals surface area contributed by atoms with E-state index in [0.29, 0.717) is 11.8 Å². The summed E-state index contributed by atoms with van der Waals surface area (Å²) in [5, 5.41) is 0. The molecule has 9 rings (SSSR count). The Hall–Kier alpha value is -4.10. The molecule has 0 heterocycles. The van der Waals surface area contributed by atoms with Crippen LogP contribution >= 0.6 is 0 Å². The smallest absolute Gasteiger partial charge is 0.0465 e. The largest absolute Gasteiger partial charge is 0.310 e. The highest BCUT2D eigenvalue weighted by Gasteiger charge is 2.41. The summed E-state index contributed by atoms with van der Waals surface area (Å²) in [4.78, 5) is 2.51. The van der Waals surface area contributed by atoms with E-state index in [1.807, 2.05) is 0 Å². The van der Waals surface area contributed by atoms with Crippen LogP contribution in [-0.4, -0.2) is 0 Å². The number of hydrogen-bond acceptors (Lipinski definition) is 1. The molecule has 248 valence electrons. The normalized spacial score (nSPS) is 19.2. The van der Waals surface area contributed by atoms with E-state index >= 15 is 0 Å². The third kappa shape index (κ3) is 5.02. The fourth-order valence-electron chi connectivity index (χ4n) is 10.2. The van der Waals surface area contributed by atoms with Crippen LogP contribution in [0.2, 0.25) is 0 Å². The molecule has 49 heavy (non-hydrogen) atoms. The average Bonchev–Trinajstić information content (AvgIpc) is 3.51. The van der Waals surface area contributed by atoms with E-state index in [4.69, 9.17) is 0 Å². The van der Waals surface area contributed by atoms with Gasteiger partial charge in [-0.2, -0.15) is 0 Å². The molecule has 5 aromatic carbocycles. The van der Waals surface area contributed by atoms with Crippen LogP contribution in [0.25, 0.3) is 22.3 Å². The van der Waals surface area contributed by atoms with E-state index in [-0.39, 0.29) is 10.8 Å². The van der Waals surface area contributed by atoms with Gasteiger partial charge in [-0.3, -0.25) is 0 Å². The molecule has 0 radical (unpaired) electrons. The van der Waals surface area contributed by atoms with E-state index in [2.05, 4.69) is 136 Å². The van der Waals surface area contributed by atoms with Crippen molar-refractivity contribution in [3.05, 3.63) is 137 Å². The van der Waals surface area contributed by atoms with Crippen molar-refractivity contribution in [2.24, 2.45) is 0 Å². The van der Waals surface area contributed by atoms with E-state index in [0.717, 1.165) is 0 Å². The first-order valence-corrected chi connectivity index (χ1v) is 19.2. The van der Waals surface area contributed by atoms with E-state index in [9.17, 15) is 0 Å². The van der Waals surface area contributed by atoms with Gasteiger partial charge in [-0.05, 0) is 142 Å². The molecule has 0 saturated heterocycles. The molecular weight excluding hydrogens is 591 g/mol. The standard InChI is InChI=1S/C48H51N/c1-47(2)43-18-12-11-17-39(43)41-30-46-42(31-45(41)47)40-28-27-38(29-44(40)48(46,3)4)49(36-23-19-34(20-24-36)32-13-7-5-8-14-32)37-25-21-35(22-26-37)33-15-9-6-10-16-33/h11-12,17-33H,5-10,13-16H2,1-4H3. The van der Waals surface area contributed by atoms with Crippen LogP contribution in [0.15, 0.2) is 103 Å². The predicted octanol–water partition coefficient (Wildman–Crippen LogP) is 13.9. The summed E-state index contributed by atoms with van der Waals surface area (Å²) in [6, 6.07) is 40.6. The highest BCUT2D eigenvalue weighted by Crippen LogP contribution is 2.56. The third-order valence-corrected chi connectivity index (χ3v) is 13.1. The second-order valence-electron chi connectivity index (χ2n) is 16.7. The molecule has 0 bridgehead atoms. The van der Waals surface area contributed by atoms with Gasteiger partial charge >= 0.3 is 0 Å². The Morgan fingerprint density at radius 1 is 0.408 bits per heavy atom. The maximum absolute atomic E-state index is 2.53. The zero-order valence-electron chi connectivity index (χ0n) is 30.0. The summed E-state index contributed by atoms with van der Waals surface area (Å²) in [6.45, 7) is 9.65. The number of anilines is 3. The lowest BCUT2D eigenvalue weighted by atomic mass is 9.79. The lowest BCUT2D eigenvalue weighted by Crippen LogP contribution is -2.17. The number of nitrogens with zero attached hydrogens (tertiary/aromatic N) is 1. The summed E-state index contributed by atoms with van der Waals surface area (Å²) in [7, 11) is 0. The van der Waals surface area contributed by atoms with Crippen molar-refractivity contribution in [2.75, 3.05) is 4.90 Å². The molecule has 1 nitrogen and oxygen atoms in total. The number of hydrogen-bond donors (Lipinski definition) is 0. The lowest BCUT2D eigenvalue weighted by molar-refractivity contribution is 0.443. The Morgan fingerprint density at radius 2 is 0.837 bits per heavy atom. The Bertz CT molecular complexity index is 1950. The van der Waals surface area contributed by atoms with Crippen LogP contribution < -0.4 is 4.90 Å². The minimum Gasteiger partial charge on any atom is -0.310 e. The number of fused-ring (bicyclic) bond motifs is 6. The Kier molecular flexibility index (Phi) is 7.42. The van der Waals surface area contributed by atoms with Gasteiger partial charge in [0.25, 0.3) is 0 Å². The molecular formula is C48H51N. The minimum atomic E-state index is -0.0985. The first-order valence-electron chi connectivity index (χ1n) is 19.2. The van der Waals surface area contributed by atoms with Crippen LogP contribution in [0.5, 0.6) is 0 Å². The van der Waals surface area contributed by atoms with Crippen molar-refractivity contribution in [3.63, 3.8) is 0 Å². The maximum atomic E-state index is 2.53. The molecule has 0 aliphatic heterocycles. The monoisotopic (exact) mass is 641 g/mol. The van der Waals surface area contributed by atoms with Crippen LogP contribution in [0.1, 0.15) is 137 Å². The van der Waals surface area contributed by atoms with Crippen molar-refractivity contribution in [1.82, 2.24) is 0 Å². The van der Waals surface area contributed by atoms with Gasteiger partial charge in [0.15, 0.2) is 0 Å². The van der Waals surface area contributed by atoms with Crippen molar-refractivity contribution in [1.29, 1.82) is 0 Å². The molecule has 4 aliphatic rings. The fraction of sp³-hybridized carbons (Fsp3) is 0.375. The van der Waals surface area contributed by atoms with Gasteiger partial charge < -0.3 is 4.90 Å². The molecule has 0 atom stereocenters. The molecule has 1 heteroatoms. The SMILES string of the molecule is CC1(C)c2ccccc2-c2cc3c(cc21)-c1ccc(N(c2ccc(C4CCCCC4)cc2)c2ccc(C4CCCCC4)cc2)cc1C3(C)C. The summed E-state index contributed by atoms with van der Waals surface area (Å²) in [5.41, 5.74) is 18.1. The van der Waals surface area contributed by atoms with Crippen molar-refractivity contribution in [3.8, 4) is 22.3 Å². The van der Waals surface area contributed by atoms with Crippen molar-refractivity contribution >= 4 is 17.1 Å². The van der Waals surface area contributed by atoms with Gasteiger partial charge in [0.1, 0.15) is 0 Å². The molecule has 2 fully saturated rings. The topological polar surface area (TPSA) is 3.24 Å². The lowest BCUT2D eigenvalue weighted by Gasteiger charge is -2.29. The van der Waals surface area contributed by atoms with Crippen molar-refractivity contribution in [2.45, 2.75) is 115 Å². The second kappa shape index (κ2) is 11.8. The third-order valence-electron chi connectivity index (χ3n) is 13.1. The van der Waals surface area contributed by atoms with E-state index < -0.39 is 0 Å². The predicted molar refractivity (Wildman–Crippen MR) is 208 cm³/mol. The average molecular weight is 642 g/mol. The molecule has 0 N–H and O–H groups in total. The fourth-order valence-corrected chi connectivity index (χ4v) is 10.2. The summed E-state index contributed by atoms with van der Waals surface area (Å²) in [6.07, 6.45) is 13.6.